The Kier molecular flexibility index (Phi) is 6.15. The normalized spacial score (nSPS) is 23.3. The van der Waals surface area contributed by atoms with Crippen molar-refractivity contribution in [2.45, 2.75) is 39.7 Å². The lowest BCUT2D eigenvalue weighted by Gasteiger charge is -2.36. The summed E-state index contributed by atoms with van der Waals surface area (Å²) in [6.07, 6.45) is 1.06. The van der Waals surface area contributed by atoms with Crippen molar-refractivity contribution in [2.24, 2.45) is 5.92 Å². The first-order chi connectivity index (χ1) is 9.72. The molecule has 1 fully saturated rings. The predicted octanol–water partition coefficient (Wildman–Crippen LogP) is 0.370. The molecule has 1 rings (SSSR count). The zero-order chi connectivity index (χ0) is 16.2. The molecule has 1 aliphatic rings. The molecule has 0 aromatic carbocycles. The van der Waals surface area contributed by atoms with E-state index in [0.717, 1.165) is 0 Å². The molecule has 0 spiro atoms. The summed E-state index contributed by atoms with van der Waals surface area (Å²) in [6.45, 7) is 6.23. The van der Waals surface area contributed by atoms with Crippen molar-refractivity contribution in [1.29, 1.82) is 0 Å². The monoisotopic (exact) mass is 320 g/mol. The fourth-order valence-corrected chi connectivity index (χ4v) is 4.07. The maximum atomic E-state index is 12.2. The van der Waals surface area contributed by atoms with Gasteiger partial charge in [0.05, 0.1) is 0 Å². The van der Waals surface area contributed by atoms with Crippen LogP contribution in [-0.2, 0) is 19.6 Å². The first-order valence-corrected chi connectivity index (χ1v) is 8.83. The van der Waals surface area contributed by atoms with Crippen LogP contribution in [0.5, 0.6) is 0 Å². The third-order valence-electron chi connectivity index (χ3n) is 3.87. The quantitative estimate of drug-likeness (QED) is 0.763. The minimum absolute atomic E-state index is 0.217. The fraction of sp³-hybridized carbons (Fsp3) is 0.846. The summed E-state index contributed by atoms with van der Waals surface area (Å²) < 4.78 is 25.5. The van der Waals surface area contributed by atoms with E-state index in [4.69, 9.17) is 0 Å². The van der Waals surface area contributed by atoms with Crippen LogP contribution in [0.15, 0.2) is 0 Å². The van der Waals surface area contributed by atoms with E-state index in [1.807, 2.05) is 6.92 Å². The van der Waals surface area contributed by atoms with Gasteiger partial charge in [-0.25, -0.2) is 17.5 Å². The van der Waals surface area contributed by atoms with Gasteiger partial charge in [0.25, 0.3) is 0 Å². The highest BCUT2D eigenvalue weighted by Crippen LogP contribution is 2.23. The highest BCUT2D eigenvalue weighted by molar-refractivity contribution is 7.89. The third kappa shape index (κ3) is 4.41. The number of carboxylic acids is 1. The number of carbonyl (C=O) groups excluding carboxylic acids is 1. The number of piperidine rings is 1. The molecule has 0 aromatic rings. The van der Waals surface area contributed by atoms with Crippen LogP contribution in [0.1, 0.15) is 33.6 Å². The van der Waals surface area contributed by atoms with Crippen molar-refractivity contribution in [3.63, 3.8) is 0 Å². The minimum Gasteiger partial charge on any atom is -0.480 e. The lowest BCUT2D eigenvalue weighted by atomic mass is 9.92. The summed E-state index contributed by atoms with van der Waals surface area (Å²) in [7, 11) is -3.68. The zero-order valence-corrected chi connectivity index (χ0v) is 13.6. The van der Waals surface area contributed by atoms with E-state index in [1.54, 1.807) is 13.8 Å². The summed E-state index contributed by atoms with van der Waals surface area (Å²) in [5.74, 6) is -2.14. The first kappa shape index (κ1) is 17.9. The first-order valence-electron chi connectivity index (χ1n) is 7.23. The maximum absolute atomic E-state index is 12.2. The molecule has 0 aromatic heterocycles. The maximum Gasteiger partial charge on any atom is 0.326 e. The summed E-state index contributed by atoms with van der Waals surface area (Å²) in [5, 5.41) is 9.22. The SMILES string of the molecule is CCN(CC)S(=O)(=O)CC(=O)N1CCC(C)CC1C(=O)O. The van der Waals surface area contributed by atoms with E-state index < -0.39 is 33.7 Å². The Bertz CT molecular complexity index is 487. The molecule has 1 N–H and O–H groups in total. The van der Waals surface area contributed by atoms with Crippen LogP contribution in [0, 0.1) is 5.92 Å². The van der Waals surface area contributed by atoms with Crippen LogP contribution in [0.4, 0.5) is 0 Å². The molecule has 0 bridgehead atoms. The van der Waals surface area contributed by atoms with Gasteiger partial charge in [0, 0.05) is 19.6 Å². The summed E-state index contributed by atoms with van der Waals surface area (Å²) >= 11 is 0. The van der Waals surface area contributed by atoms with Gasteiger partial charge in [-0.2, -0.15) is 0 Å². The molecule has 0 saturated carbocycles. The number of nitrogens with zero attached hydrogens (tertiary/aromatic N) is 2. The van der Waals surface area contributed by atoms with E-state index in [0.29, 0.717) is 32.5 Å². The van der Waals surface area contributed by atoms with Crippen molar-refractivity contribution >= 4 is 21.9 Å². The molecule has 2 atom stereocenters. The van der Waals surface area contributed by atoms with Gasteiger partial charge in [-0.3, -0.25) is 4.79 Å². The van der Waals surface area contributed by atoms with Crippen LogP contribution in [0.3, 0.4) is 0 Å². The molecule has 1 heterocycles. The number of carboxylic acid groups (broad SMARTS) is 1. The molecular formula is C13H24N2O5S. The number of amides is 1. The number of rotatable bonds is 6. The van der Waals surface area contributed by atoms with Crippen LogP contribution < -0.4 is 0 Å². The van der Waals surface area contributed by atoms with Gasteiger partial charge in [0.15, 0.2) is 0 Å². The third-order valence-corrected chi connectivity index (χ3v) is 5.79. The molecule has 0 aliphatic carbocycles. The second-order valence-electron chi connectivity index (χ2n) is 5.41. The number of hydrogen-bond donors (Lipinski definition) is 1. The Balaban J connectivity index is 2.84. The minimum atomic E-state index is -3.68. The van der Waals surface area contributed by atoms with Crippen molar-refractivity contribution in [3.05, 3.63) is 0 Å². The van der Waals surface area contributed by atoms with E-state index in [2.05, 4.69) is 0 Å². The molecule has 0 radical (unpaired) electrons. The Morgan fingerprint density at radius 2 is 1.86 bits per heavy atom. The lowest BCUT2D eigenvalue weighted by Crippen LogP contribution is -2.52. The van der Waals surface area contributed by atoms with E-state index in [9.17, 15) is 23.1 Å². The molecule has 1 saturated heterocycles. The molecule has 1 amide bonds. The molecule has 122 valence electrons. The molecule has 1 aliphatic heterocycles. The van der Waals surface area contributed by atoms with E-state index in [1.165, 1.54) is 9.21 Å². The Labute approximate surface area is 126 Å². The van der Waals surface area contributed by atoms with Crippen LogP contribution in [0.25, 0.3) is 0 Å². The van der Waals surface area contributed by atoms with Crippen molar-refractivity contribution in [1.82, 2.24) is 9.21 Å². The highest BCUT2D eigenvalue weighted by atomic mass is 32.2. The summed E-state index contributed by atoms with van der Waals surface area (Å²) in [6, 6.07) is -0.923. The van der Waals surface area contributed by atoms with Gasteiger partial charge < -0.3 is 10.0 Å². The predicted molar refractivity (Wildman–Crippen MR) is 78.2 cm³/mol. The van der Waals surface area contributed by atoms with Crippen molar-refractivity contribution in [3.8, 4) is 0 Å². The second kappa shape index (κ2) is 7.22. The van der Waals surface area contributed by atoms with Gasteiger partial charge in [0.1, 0.15) is 11.8 Å². The van der Waals surface area contributed by atoms with Gasteiger partial charge in [-0.1, -0.05) is 20.8 Å². The largest absolute Gasteiger partial charge is 0.480 e. The van der Waals surface area contributed by atoms with Crippen LogP contribution in [-0.4, -0.2) is 66.0 Å². The average molecular weight is 320 g/mol. The number of aliphatic carboxylic acids is 1. The van der Waals surface area contributed by atoms with Gasteiger partial charge >= 0.3 is 5.97 Å². The van der Waals surface area contributed by atoms with Crippen molar-refractivity contribution in [2.75, 3.05) is 25.4 Å². The van der Waals surface area contributed by atoms with Crippen LogP contribution in [0.2, 0.25) is 0 Å². The Morgan fingerprint density at radius 1 is 1.29 bits per heavy atom. The number of hydrogen-bond acceptors (Lipinski definition) is 4. The molecule has 21 heavy (non-hydrogen) atoms. The van der Waals surface area contributed by atoms with E-state index in [-0.39, 0.29) is 5.92 Å². The van der Waals surface area contributed by atoms with Gasteiger partial charge in [-0.15, -0.1) is 0 Å². The molecule has 8 heteroatoms. The van der Waals surface area contributed by atoms with E-state index >= 15 is 0 Å². The smallest absolute Gasteiger partial charge is 0.326 e. The average Bonchev–Trinajstić information content (AvgIpc) is 2.38. The molecule has 2 unspecified atom stereocenters. The van der Waals surface area contributed by atoms with Crippen LogP contribution >= 0.6 is 0 Å². The Morgan fingerprint density at radius 3 is 2.33 bits per heavy atom. The zero-order valence-electron chi connectivity index (χ0n) is 12.8. The second-order valence-corrected chi connectivity index (χ2v) is 7.38. The molecule has 7 nitrogen and oxygen atoms in total. The fourth-order valence-electron chi connectivity index (χ4n) is 2.62. The summed E-state index contributed by atoms with van der Waals surface area (Å²) in [5.41, 5.74) is 0. The Hall–Kier alpha value is -1.15. The van der Waals surface area contributed by atoms with Gasteiger partial charge in [0.2, 0.25) is 15.9 Å². The molecular weight excluding hydrogens is 296 g/mol. The number of likely N-dealkylation sites (tertiary alicyclic amines) is 1. The number of sulfonamides is 1. The number of carbonyl (C=O) groups is 2. The topological polar surface area (TPSA) is 95.0 Å². The highest BCUT2D eigenvalue weighted by Gasteiger charge is 2.36. The summed E-state index contributed by atoms with van der Waals surface area (Å²) in [4.78, 5) is 24.7. The van der Waals surface area contributed by atoms with Gasteiger partial charge in [-0.05, 0) is 18.8 Å². The standard InChI is InChI=1S/C13H24N2O5S/c1-4-14(5-2)21(19,20)9-12(16)15-7-6-10(3)8-11(15)13(17)18/h10-11H,4-9H2,1-3H3,(H,17,18). The van der Waals surface area contributed by atoms with Crippen molar-refractivity contribution < 1.29 is 23.1 Å². The lowest BCUT2D eigenvalue weighted by molar-refractivity contribution is -0.152.